The summed E-state index contributed by atoms with van der Waals surface area (Å²) in [4.78, 5) is 5.00. The van der Waals surface area contributed by atoms with Crippen molar-refractivity contribution in [1.82, 2.24) is 9.80 Å². The van der Waals surface area contributed by atoms with Gasteiger partial charge in [-0.1, -0.05) is 0 Å². The van der Waals surface area contributed by atoms with Gasteiger partial charge in [-0.25, -0.2) is 0 Å². The molecule has 2 heterocycles. The van der Waals surface area contributed by atoms with E-state index < -0.39 is 0 Å². The van der Waals surface area contributed by atoms with E-state index in [0.717, 1.165) is 12.6 Å². The molecule has 2 aliphatic heterocycles. The SMILES string of the molecule is CN1CCCC1CN1CCC(CO)C1. The molecule has 0 amide bonds. The number of likely N-dealkylation sites (tertiary alicyclic amines) is 2. The number of nitrogens with zero attached hydrogens (tertiary/aromatic N) is 2. The van der Waals surface area contributed by atoms with E-state index in [9.17, 15) is 0 Å². The molecule has 0 bridgehead atoms. The largest absolute Gasteiger partial charge is 0.396 e. The van der Waals surface area contributed by atoms with Crippen LogP contribution < -0.4 is 0 Å². The number of likely N-dealkylation sites (N-methyl/N-ethyl adjacent to an activating group) is 1. The zero-order valence-corrected chi connectivity index (χ0v) is 9.15. The maximum atomic E-state index is 9.06. The summed E-state index contributed by atoms with van der Waals surface area (Å²) in [6.45, 7) is 5.16. The van der Waals surface area contributed by atoms with Gasteiger partial charge in [-0.15, -0.1) is 0 Å². The van der Waals surface area contributed by atoms with Gasteiger partial charge in [0.25, 0.3) is 0 Å². The van der Waals surface area contributed by atoms with Crippen molar-refractivity contribution < 1.29 is 5.11 Å². The van der Waals surface area contributed by atoms with E-state index in [-0.39, 0.29) is 0 Å². The Bertz CT molecular complexity index is 186. The van der Waals surface area contributed by atoms with Gasteiger partial charge in [0.15, 0.2) is 0 Å². The van der Waals surface area contributed by atoms with Crippen molar-refractivity contribution in [3.8, 4) is 0 Å². The summed E-state index contributed by atoms with van der Waals surface area (Å²) in [5.74, 6) is 0.543. The highest BCUT2D eigenvalue weighted by Crippen LogP contribution is 2.20. The molecule has 2 aliphatic rings. The van der Waals surface area contributed by atoms with Crippen molar-refractivity contribution >= 4 is 0 Å². The average Bonchev–Trinajstić information content (AvgIpc) is 2.77. The Labute approximate surface area is 86.7 Å². The van der Waals surface area contributed by atoms with Gasteiger partial charge in [-0.2, -0.15) is 0 Å². The van der Waals surface area contributed by atoms with Gasteiger partial charge in [0.05, 0.1) is 0 Å². The number of rotatable bonds is 3. The van der Waals surface area contributed by atoms with E-state index in [1.165, 1.54) is 38.9 Å². The molecule has 0 aromatic rings. The molecular weight excluding hydrogens is 176 g/mol. The molecule has 0 aromatic carbocycles. The van der Waals surface area contributed by atoms with E-state index in [1.807, 2.05) is 0 Å². The molecule has 2 fully saturated rings. The van der Waals surface area contributed by atoms with E-state index in [4.69, 9.17) is 5.11 Å². The van der Waals surface area contributed by atoms with Crippen molar-refractivity contribution in [1.29, 1.82) is 0 Å². The van der Waals surface area contributed by atoms with Crippen LogP contribution in [0.5, 0.6) is 0 Å². The van der Waals surface area contributed by atoms with Crippen LogP contribution >= 0.6 is 0 Å². The highest BCUT2D eigenvalue weighted by molar-refractivity contribution is 4.83. The third kappa shape index (κ3) is 2.27. The fourth-order valence-electron chi connectivity index (χ4n) is 2.74. The first kappa shape index (κ1) is 10.4. The summed E-state index contributed by atoms with van der Waals surface area (Å²) in [5.41, 5.74) is 0. The Morgan fingerprint density at radius 3 is 2.71 bits per heavy atom. The average molecular weight is 198 g/mol. The van der Waals surface area contributed by atoms with Crippen LogP contribution in [0.1, 0.15) is 19.3 Å². The Balaban J connectivity index is 1.75. The van der Waals surface area contributed by atoms with Crippen LogP contribution in [-0.4, -0.2) is 60.8 Å². The summed E-state index contributed by atoms with van der Waals surface area (Å²) in [6, 6.07) is 0.771. The molecule has 3 heteroatoms. The second-order valence-corrected chi connectivity index (χ2v) is 4.87. The van der Waals surface area contributed by atoms with Crippen LogP contribution in [0.2, 0.25) is 0 Å². The van der Waals surface area contributed by atoms with Gasteiger partial charge in [-0.3, -0.25) is 0 Å². The Morgan fingerprint density at radius 1 is 1.29 bits per heavy atom. The fraction of sp³-hybridized carbons (Fsp3) is 1.00. The third-order valence-corrected chi connectivity index (χ3v) is 3.77. The lowest BCUT2D eigenvalue weighted by Gasteiger charge is -2.25. The molecule has 2 rings (SSSR count). The number of hydrogen-bond acceptors (Lipinski definition) is 3. The van der Waals surface area contributed by atoms with Gasteiger partial charge < -0.3 is 14.9 Å². The molecule has 3 nitrogen and oxygen atoms in total. The van der Waals surface area contributed by atoms with Crippen LogP contribution in [0.4, 0.5) is 0 Å². The number of aliphatic hydroxyl groups is 1. The van der Waals surface area contributed by atoms with Crippen LogP contribution in [0.15, 0.2) is 0 Å². The second-order valence-electron chi connectivity index (χ2n) is 4.87. The monoisotopic (exact) mass is 198 g/mol. The van der Waals surface area contributed by atoms with Crippen LogP contribution in [0.25, 0.3) is 0 Å². The minimum Gasteiger partial charge on any atom is -0.396 e. The van der Waals surface area contributed by atoms with Gasteiger partial charge >= 0.3 is 0 Å². The van der Waals surface area contributed by atoms with Gasteiger partial charge in [-0.05, 0) is 45.3 Å². The van der Waals surface area contributed by atoms with E-state index >= 15 is 0 Å². The van der Waals surface area contributed by atoms with Crippen molar-refractivity contribution in [3.63, 3.8) is 0 Å². The molecule has 82 valence electrons. The quantitative estimate of drug-likeness (QED) is 0.711. The number of aliphatic hydroxyl groups excluding tert-OH is 1. The van der Waals surface area contributed by atoms with E-state index in [0.29, 0.717) is 12.5 Å². The molecule has 2 saturated heterocycles. The summed E-state index contributed by atoms with van der Waals surface area (Å²) < 4.78 is 0. The van der Waals surface area contributed by atoms with E-state index in [1.54, 1.807) is 0 Å². The molecule has 0 aliphatic carbocycles. The maximum absolute atomic E-state index is 9.06. The first-order chi connectivity index (χ1) is 6.79. The molecule has 14 heavy (non-hydrogen) atoms. The minimum atomic E-state index is 0.372. The fourth-order valence-corrected chi connectivity index (χ4v) is 2.74. The normalized spacial score (nSPS) is 35.6. The molecule has 0 aromatic heterocycles. The molecule has 2 unspecified atom stereocenters. The van der Waals surface area contributed by atoms with Crippen LogP contribution in [-0.2, 0) is 0 Å². The first-order valence-electron chi connectivity index (χ1n) is 5.83. The first-order valence-corrected chi connectivity index (χ1v) is 5.83. The molecule has 1 N–H and O–H groups in total. The zero-order valence-electron chi connectivity index (χ0n) is 9.15. The highest BCUT2D eigenvalue weighted by atomic mass is 16.3. The number of hydrogen-bond donors (Lipinski definition) is 1. The van der Waals surface area contributed by atoms with Gasteiger partial charge in [0.2, 0.25) is 0 Å². The minimum absolute atomic E-state index is 0.372. The lowest BCUT2D eigenvalue weighted by molar-refractivity contribution is 0.195. The summed E-state index contributed by atoms with van der Waals surface area (Å²) in [5, 5.41) is 9.06. The molecule has 2 atom stereocenters. The molecule has 0 spiro atoms. The van der Waals surface area contributed by atoms with E-state index in [2.05, 4.69) is 16.8 Å². The Kier molecular flexibility index (Phi) is 3.42. The van der Waals surface area contributed by atoms with Crippen molar-refractivity contribution in [3.05, 3.63) is 0 Å². The topological polar surface area (TPSA) is 26.7 Å². The lowest BCUT2D eigenvalue weighted by atomic mass is 10.1. The predicted molar refractivity (Wildman–Crippen MR) is 57.3 cm³/mol. The lowest BCUT2D eigenvalue weighted by Crippen LogP contribution is -2.37. The molecule has 0 saturated carbocycles. The summed E-state index contributed by atoms with van der Waals surface area (Å²) >= 11 is 0. The van der Waals surface area contributed by atoms with Crippen LogP contribution in [0.3, 0.4) is 0 Å². The van der Waals surface area contributed by atoms with Gasteiger partial charge in [0, 0.05) is 25.7 Å². The molecule has 0 radical (unpaired) electrons. The van der Waals surface area contributed by atoms with Crippen molar-refractivity contribution in [2.24, 2.45) is 5.92 Å². The smallest absolute Gasteiger partial charge is 0.0471 e. The zero-order chi connectivity index (χ0) is 9.97. The maximum Gasteiger partial charge on any atom is 0.0471 e. The Hall–Kier alpha value is -0.120. The predicted octanol–water partition coefficient (Wildman–Crippen LogP) is 0.395. The Morgan fingerprint density at radius 2 is 2.14 bits per heavy atom. The standard InChI is InChI=1S/C11H22N2O/c1-12-5-2-3-11(12)8-13-6-4-10(7-13)9-14/h10-11,14H,2-9H2,1H3. The summed E-state index contributed by atoms with van der Waals surface area (Å²) in [7, 11) is 2.23. The third-order valence-electron chi connectivity index (χ3n) is 3.77. The van der Waals surface area contributed by atoms with Crippen molar-refractivity contribution in [2.45, 2.75) is 25.3 Å². The molecular formula is C11H22N2O. The summed E-state index contributed by atoms with van der Waals surface area (Å²) in [6.07, 6.45) is 3.90. The highest BCUT2D eigenvalue weighted by Gasteiger charge is 2.27. The van der Waals surface area contributed by atoms with Gasteiger partial charge in [0.1, 0.15) is 0 Å². The van der Waals surface area contributed by atoms with Crippen molar-refractivity contribution in [2.75, 3.05) is 39.8 Å². The second kappa shape index (κ2) is 4.60. The van der Waals surface area contributed by atoms with Crippen LogP contribution in [0, 0.1) is 5.92 Å².